The van der Waals surface area contributed by atoms with Gasteiger partial charge in [-0.25, -0.2) is 0 Å². The summed E-state index contributed by atoms with van der Waals surface area (Å²) in [5.74, 6) is 1.58. The number of rotatable bonds is 7. The van der Waals surface area contributed by atoms with Crippen molar-refractivity contribution in [2.45, 2.75) is 33.1 Å². The summed E-state index contributed by atoms with van der Waals surface area (Å²) >= 11 is 0. The summed E-state index contributed by atoms with van der Waals surface area (Å²) < 4.78 is 5.35. The molecule has 1 aliphatic rings. The lowest BCUT2D eigenvalue weighted by molar-refractivity contribution is 0.0363. The molecule has 0 bridgehead atoms. The largest absolute Gasteiger partial charge is 0.379 e. The number of nitrogens with two attached hydrogens (primary N) is 1. The summed E-state index contributed by atoms with van der Waals surface area (Å²) in [5, 5.41) is 0. The monoisotopic (exact) mass is 228 g/mol. The Bertz CT molecular complexity index is 167. The van der Waals surface area contributed by atoms with E-state index in [1.165, 1.54) is 25.8 Å². The van der Waals surface area contributed by atoms with Crippen LogP contribution >= 0.6 is 0 Å². The van der Waals surface area contributed by atoms with Gasteiger partial charge < -0.3 is 10.5 Å². The molecule has 3 heteroatoms. The van der Waals surface area contributed by atoms with E-state index >= 15 is 0 Å². The molecule has 1 saturated heterocycles. The third-order valence-electron chi connectivity index (χ3n) is 3.63. The Balaban J connectivity index is 2.11. The molecule has 16 heavy (non-hydrogen) atoms. The molecule has 1 atom stereocenters. The first-order valence-electron chi connectivity index (χ1n) is 6.74. The zero-order valence-corrected chi connectivity index (χ0v) is 11.0. The molecular formula is C13H28N2O. The molecule has 1 fully saturated rings. The van der Waals surface area contributed by atoms with Gasteiger partial charge in [0.05, 0.1) is 13.2 Å². The summed E-state index contributed by atoms with van der Waals surface area (Å²) in [4.78, 5) is 2.52. The summed E-state index contributed by atoms with van der Waals surface area (Å²) in [7, 11) is 0. The second-order valence-electron chi connectivity index (χ2n) is 5.18. The highest BCUT2D eigenvalue weighted by molar-refractivity contribution is 4.67. The molecule has 96 valence electrons. The minimum Gasteiger partial charge on any atom is -0.379 e. The van der Waals surface area contributed by atoms with Crippen molar-refractivity contribution in [3.63, 3.8) is 0 Å². The van der Waals surface area contributed by atoms with E-state index in [1.54, 1.807) is 0 Å². The van der Waals surface area contributed by atoms with E-state index in [-0.39, 0.29) is 0 Å². The molecule has 1 aliphatic heterocycles. The van der Waals surface area contributed by atoms with Gasteiger partial charge in [0.1, 0.15) is 0 Å². The highest BCUT2D eigenvalue weighted by Crippen LogP contribution is 2.20. The maximum atomic E-state index is 5.65. The number of morpholine rings is 1. The third kappa shape index (κ3) is 5.28. The van der Waals surface area contributed by atoms with E-state index in [9.17, 15) is 0 Å². The number of hydrogen-bond donors (Lipinski definition) is 1. The van der Waals surface area contributed by atoms with Crippen LogP contribution in [0.3, 0.4) is 0 Å². The second kappa shape index (κ2) is 8.04. The lowest BCUT2D eigenvalue weighted by Crippen LogP contribution is -2.37. The fourth-order valence-electron chi connectivity index (χ4n) is 2.43. The molecule has 0 saturated carbocycles. The predicted octanol–water partition coefficient (Wildman–Crippen LogP) is 1.72. The topological polar surface area (TPSA) is 38.5 Å². The number of hydrogen-bond acceptors (Lipinski definition) is 3. The van der Waals surface area contributed by atoms with E-state index < -0.39 is 0 Å². The van der Waals surface area contributed by atoms with E-state index in [1.807, 2.05) is 0 Å². The normalized spacial score (nSPS) is 20.2. The van der Waals surface area contributed by atoms with Crippen LogP contribution < -0.4 is 5.73 Å². The van der Waals surface area contributed by atoms with Gasteiger partial charge in [0.2, 0.25) is 0 Å². The maximum Gasteiger partial charge on any atom is 0.0594 e. The summed E-state index contributed by atoms with van der Waals surface area (Å²) in [6.07, 6.45) is 3.82. The van der Waals surface area contributed by atoms with Crippen LogP contribution in [0, 0.1) is 11.8 Å². The highest BCUT2D eigenvalue weighted by atomic mass is 16.5. The van der Waals surface area contributed by atoms with Crippen molar-refractivity contribution in [1.82, 2.24) is 4.90 Å². The zero-order chi connectivity index (χ0) is 11.8. The molecule has 0 radical (unpaired) electrons. The molecule has 2 N–H and O–H groups in total. The predicted molar refractivity (Wildman–Crippen MR) is 68.5 cm³/mol. The fraction of sp³-hybridized carbons (Fsp3) is 1.00. The van der Waals surface area contributed by atoms with Crippen LogP contribution in [0.1, 0.15) is 33.1 Å². The molecule has 1 unspecified atom stereocenters. The third-order valence-corrected chi connectivity index (χ3v) is 3.63. The van der Waals surface area contributed by atoms with Gasteiger partial charge >= 0.3 is 0 Å². The van der Waals surface area contributed by atoms with Crippen molar-refractivity contribution in [2.75, 3.05) is 39.4 Å². The Labute approximate surface area is 100 Å². The molecule has 1 rings (SSSR count). The molecular weight excluding hydrogens is 200 g/mol. The lowest BCUT2D eigenvalue weighted by atomic mass is 9.88. The number of nitrogens with zero attached hydrogens (tertiary/aromatic N) is 1. The first kappa shape index (κ1) is 13.9. The van der Waals surface area contributed by atoms with Crippen LogP contribution in [-0.2, 0) is 4.74 Å². The first-order chi connectivity index (χ1) is 7.74. The molecule has 1 heterocycles. The van der Waals surface area contributed by atoms with Crippen LogP contribution in [0.15, 0.2) is 0 Å². The molecule has 0 spiro atoms. The van der Waals surface area contributed by atoms with Gasteiger partial charge in [0.15, 0.2) is 0 Å². The highest BCUT2D eigenvalue weighted by Gasteiger charge is 2.14. The van der Waals surface area contributed by atoms with E-state index in [0.717, 1.165) is 44.7 Å². The lowest BCUT2D eigenvalue weighted by Gasteiger charge is -2.27. The minimum absolute atomic E-state index is 0.772. The summed E-state index contributed by atoms with van der Waals surface area (Å²) in [6, 6.07) is 0. The van der Waals surface area contributed by atoms with Crippen LogP contribution in [0.5, 0.6) is 0 Å². The van der Waals surface area contributed by atoms with Gasteiger partial charge in [0.25, 0.3) is 0 Å². The molecule has 0 aromatic rings. The summed E-state index contributed by atoms with van der Waals surface area (Å²) in [5.41, 5.74) is 5.65. The average Bonchev–Trinajstić information content (AvgIpc) is 2.29. The SMILES string of the molecule is CC(C)C(CCN)CCCN1CCOCC1. The zero-order valence-electron chi connectivity index (χ0n) is 11.0. The maximum absolute atomic E-state index is 5.65. The van der Waals surface area contributed by atoms with Crippen LogP contribution in [0.25, 0.3) is 0 Å². The van der Waals surface area contributed by atoms with Crippen molar-refractivity contribution < 1.29 is 4.74 Å². The molecule has 3 nitrogen and oxygen atoms in total. The molecule has 0 aliphatic carbocycles. The van der Waals surface area contributed by atoms with E-state index in [4.69, 9.17) is 10.5 Å². The van der Waals surface area contributed by atoms with Gasteiger partial charge in [-0.15, -0.1) is 0 Å². The van der Waals surface area contributed by atoms with Crippen LogP contribution in [0.4, 0.5) is 0 Å². The van der Waals surface area contributed by atoms with Crippen molar-refractivity contribution in [2.24, 2.45) is 17.6 Å². The van der Waals surface area contributed by atoms with Gasteiger partial charge in [0, 0.05) is 13.1 Å². The molecule has 0 aromatic heterocycles. The minimum atomic E-state index is 0.772. The van der Waals surface area contributed by atoms with Gasteiger partial charge in [-0.05, 0) is 44.2 Å². The average molecular weight is 228 g/mol. The van der Waals surface area contributed by atoms with E-state index in [0.29, 0.717) is 0 Å². The Morgan fingerprint density at radius 3 is 2.44 bits per heavy atom. The standard InChI is InChI=1S/C13H28N2O/c1-12(2)13(5-6-14)4-3-7-15-8-10-16-11-9-15/h12-13H,3-11,14H2,1-2H3. The smallest absolute Gasteiger partial charge is 0.0594 e. The quantitative estimate of drug-likeness (QED) is 0.721. The first-order valence-corrected chi connectivity index (χ1v) is 6.74. The summed E-state index contributed by atoms with van der Waals surface area (Å²) in [6.45, 7) is 10.8. The molecule has 0 amide bonds. The van der Waals surface area contributed by atoms with Crippen molar-refractivity contribution >= 4 is 0 Å². The Morgan fingerprint density at radius 2 is 1.88 bits per heavy atom. The second-order valence-corrected chi connectivity index (χ2v) is 5.18. The van der Waals surface area contributed by atoms with Crippen LogP contribution in [-0.4, -0.2) is 44.3 Å². The Morgan fingerprint density at radius 1 is 1.19 bits per heavy atom. The Kier molecular flexibility index (Phi) is 7.01. The van der Waals surface area contributed by atoms with Gasteiger partial charge in [-0.3, -0.25) is 4.90 Å². The molecule has 0 aromatic carbocycles. The van der Waals surface area contributed by atoms with E-state index in [2.05, 4.69) is 18.7 Å². The van der Waals surface area contributed by atoms with Crippen molar-refractivity contribution in [1.29, 1.82) is 0 Å². The van der Waals surface area contributed by atoms with Crippen molar-refractivity contribution in [3.8, 4) is 0 Å². The van der Waals surface area contributed by atoms with Crippen molar-refractivity contribution in [3.05, 3.63) is 0 Å². The van der Waals surface area contributed by atoms with Gasteiger partial charge in [-0.2, -0.15) is 0 Å². The van der Waals surface area contributed by atoms with Gasteiger partial charge in [-0.1, -0.05) is 13.8 Å². The number of ether oxygens (including phenoxy) is 1. The van der Waals surface area contributed by atoms with Crippen LogP contribution in [0.2, 0.25) is 0 Å². The Hall–Kier alpha value is -0.120. The fourth-order valence-corrected chi connectivity index (χ4v) is 2.43.